The van der Waals surface area contributed by atoms with E-state index in [-0.39, 0.29) is 29.0 Å². The number of likely N-dealkylation sites (N-methyl/N-ethyl adjacent to an activating group) is 1. The molecular formula is C17H18ClFN4O. The van der Waals surface area contributed by atoms with E-state index >= 15 is 0 Å². The lowest BCUT2D eigenvalue weighted by Crippen LogP contribution is -2.60. The highest BCUT2D eigenvalue weighted by Gasteiger charge is 2.33. The predicted octanol–water partition coefficient (Wildman–Crippen LogP) is 2.47. The van der Waals surface area contributed by atoms with Crippen LogP contribution in [0.1, 0.15) is 11.3 Å². The number of anilines is 1. The first-order valence-electron chi connectivity index (χ1n) is 7.69. The average molecular weight is 349 g/mol. The van der Waals surface area contributed by atoms with Crippen LogP contribution in [0.25, 0.3) is 0 Å². The molecule has 0 spiro atoms. The van der Waals surface area contributed by atoms with Crippen molar-refractivity contribution in [3.05, 3.63) is 52.4 Å². The van der Waals surface area contributed by atoms with Gasteiger partial charge in [0.15, 0.2) is 5.82 Å². The van der Waals surface area contributed by atoms with Crippen molar-refractivity contribution in [3.8, 4) is 0 Å². The molecule has 126 valence electrons. The van der Waals surface area contributed by atoms with E-state index in [1.54, 1.807) is 18.0 Å². The molecule has 1 aromatic heterocycles. The van der Waals surface area contributed by atoms with Gasteiger partial charge in [0.2, 0.25) is 5.91 Å². The monoisotopic (exact) mass is 348 g/mol. The van der Waals surface area contributed by atoms with Gasteiger partial charge in [-0.05, 0) is 31.2 Å². The van der Waals surface area contributed by atoms with Crippen molar-refractivity contribution >= 4 is 23.3 Å². The summed E-state index contributed by atoms with van der Waals surface area (Å²) in [4.78, 5) is 16.1. The van der Waals surface area contributed by atoms with Gasteiger partial charge in [-0.3, -0.25) is 4.79 Å². The number of aryl methyl sites for hydroxylation is 1. The van der Waals surface area contributed by atoms with Crippen molar-refractivity contribution in [2.24, 2.45) is 0 Å². The van der Waals surface area contributed by atoms with Crippen LogP contribution in [0.4, 0.5) is 10.2 Å². The first-order chi connectivity index (χ1) is 11.5. The fourth-order valence-corrected chi connectivity index (χ4v) is 2.86. The number of hydrogen-bond donors (Lipinski definition) is 0. The highest BCUT2D eigenvalue weighted by Crippen LogP contribution is 2.23. The van der Waals surface area contributed by atoms with Gasteiger partial charge in [0.1, 0.15) is 5.82 Å². The van der Waals surface area contributed by atoms with E-state index in [0.717, 1.165) is 11.5 Å². The zero-order chi connectivity index (χ0) is 17.3. The molecule has 3 rings (SSSR count). The van der Waals surface area contributed by atoms with E-state index in [2.05, 4.69) is 15.1 Å². The van der Waals surface area contributed by atoms with Gasteiger partial charge in [-0.15, -0.1) is 5.10 Å². The van der Waals surface area contributed by atoms with Crippen LogP contribution in [-0.2, 0) is 11.2 Å². The minimum Gasteiger partial charge on any atom is -0.351 e. The molecule has 0 N–H and O–H groups in total. The number of halogens is 2. The Hall–Kier alpha value is -2.21. The van der Waals surface area contributed by atoms with Gasteiger partial charge < -0.3 is 9.80 Å². The number of aromatic nitrogens is 2. The van der Waals surface area contributed by atoms with E-state index in [4.69, 9.17) is 11.6 Å². The van der Waals surface area contributed by atoms with E-state index in [9.17, 15) is 9.18 Å². The normalized spacial score (nSPS) is 14.4. The predicted molar refractivity (Wildman–Crippen MR) is 90.7 cm³/mol. The Bertz CT molecular complexity index is 727. The molecule has 1 fully saturated rings. The Morgan fingerprint density at radius 1 is 1.33 bits per heavy atom. The van der Waals surface area contributed by atoms with Crippen LogP contribution in [0.3, 0.4) is 0 Å². The second-order valence-corrected chi connectivity index (χ2v) is 6.38. The van der Waals surface area contributed by atoms with Crippen molar-refractivity contribution in [1.82, 2.24) is 15.1 Å². The zero-order valence-corrected chi connectivity index (χ0v) is 14.3. The second-order valence-electron chi connectivity index (χ2n) is 5.97. The number of carbonyl (C=O) groups is 1. The Kier molecular flexibility index (Phi) is 4.66. The molecule has 2 heterocycles. The molecule has 1 saturated heterocycles. The topological polar surface area (TPSA) is 49.3 Å². The highest BCUT2D eigenvalue weighted by atomic mass is 35.5. The maximum Gasteiger partial charge on any atom is 0.227 e. The summed E-state index contributed by atoms with van der Waals surface area (Å²) in [6, 6.07) is 8.34. The minimum absolute atomic E-state index is 0.0388. The molecule has 0 atom stereocenters. The van der Waals surface area contributed by atoms with Crippen LogP contribution >= 0.6 is 11.6 Å². The first kappa shape index (κ1) is 16.6. The van der Waals surface area contributed by atoms with Gasteiger partial charge in [0.25, 0.3) is 0 Å². The van der Waals surface area contributed by atoms with Gasteiger partial charge in [-0.2, -0.15) is 5.10 Å². The largest absolute Gasteiger partial charge is 0.351 e. The number of amides is 1. The molecule has 0 unspecified atom stereocenters. The summed E-state index contributed by atoms with van der Waals surface area (Å²) in [5.41, 5.74) is 1.11. The second kappa shape index (κ2) is 6.73. The van der Waals surface area contributed by atoms with Crippen LogP contribution in [0.15, 0.2) is 30.3 Å². The molecule has 24 heavy (non-hydrogen) atoms. The Balaban J connectivity index is 1.59. The van der Waals surface area contributed by atoms with Crippen molar-refractivity contribution in [2.75, 3.05) is 25.0 Å². The van der Waals surface area contributed by atoms with Gasteiger partial charge >= 0.3 is 0 Å². The Morgan fingerprint density at radius 2 is 2.08 bits per heavy atom. The lowest BCUT2D eigenvalue weighted by Gasteiger charge is -2.44. The molecule has 7 heteroatoms. The molecule has 0 bridgehead atoms. The summed E-state index contributed by atoms with van der Waals surface area (Å²) in [6.45, 7) is 3.26. The summed E-state index contributed by atoms with van der Waals surface area (Å²) in [6.07, 6.45) is -0.0388. The Labute approximate surface area is 145 Å². The zero-order valence-electron chi connectivity index (χ0n) is 13.5. The molecule has 0 aliphatic carbocycles. The van der Waals surface area contributed by atoms with Crippen LogP contribution in [-0.4, -0.2) is 47.2 Å². The van der Waals surface area contributed by atoms with Crippen molar-refractivity contribution in [3.63, 3.8) is 0 Å². The summed E-state index contributed by atoms with van der Waals surface area (Å²) < 4.78 is 13.8. The quantitative estimate of drug-likeness (QED) is 0.851. The van der Waals surface area contributed by atoms with Gasteiger partial charge in [0, 0.05) is 30.7 Å². The van der Waals surface area contributed by atoms with Crippen molar-refractivity contribution in [1.29, 1.82) is 0 Å². The number of hydrogen-bond acceptors (Lipinski definition) is 4. The maximum atomic E-state index is 13.8. The SMILES string of the molecule is Cc1ccc(N2CC(N(C)C(=O)Cc3c(F)cccc3Cl)C2)nn1. The summed E-state index contributed by atoms with van der Waals surface area (Å²) in [7, 11) is 1.74. The molecule has 5 nitrogen and oxygen atoms in total. The maximum absolute atomic E-state index is 13.8. The minimum atomic E-state index is -0.450. The third-order valence-corrected chi connectivity index (χ3v) is 4.65. The van der Waals surface area contributed by atoms with E-state index in [1.165, 1.54) is 12.1 Å². The lowest BCUT2D eigenvalue weighted by atomic mass is 10.1. The fraction of sp³-hybridized carbons (Fsp3) is 0.353. The smallest absolute Gasteiger partial charge is 0.227 e. The number of rotatable bonds is 4. The van der Waals surface area contributed by atoms with Crippen LogP contribution in [0, 0.1) is 12.7 Å². The lowest BCUT2D eigenvalue weighted by molar-refractivity contribution is -0.131. The first-order valence-corrected chi connectivity index (χ1v) is 8.07. The Morgan fingerprint density at radius 3 is 2.71 bits per heavy atom. The molecule has 0 saturated carbocycles. The molecule has 1 aliphatic rings. The summed E-state index contributed by atoms with van der Waals surface area (Å²) in [5.74, 6) is 0.200. The molecule has 1 amide bonds. The standard InChI is InChI=1S/C17H18ClFN4O/c1-11-6-7-16(21-20-11)23-9-12(10-23)22(2)17(24)8-13-14(18)4-3-5-15(13)19/h3-7,12H,8-10H2,1-2H3. The van der Waals surface area contributed by atoms with Crippen molar-refractivity contribution < 1.29 is 9.18 Å². The highest BCUT2D eigenvalue weighted by molar-refractivity contribution is 6.31. The van der Waals surface area contributed by atoms with Crippen LogP contribution < -0.4 is 4.90 Å². The van der Waals surface area contributed by atoms with E-state index < -0.39 is 5.82 Å². The number of carbonyl (C=O) groups excluding carboxylic acids is 1. The third-order valence-electron chi connectivity index (χ3n) is 4.30. The molecule has 1 aromatic carbocycles. The number of nitrogens with zero attached hydrogens (tertiary/aromatic N) is 4. The summed E-state index contributed by atoms with van der Waals surface area (Å²) >= 11 is 5.99. The fourth-order valence-electron chi connectivity index (χ4n) is 2.63. The van der Waals surface area contributed by atoms with Gasteiger partial charge in [0.05, 0.1) is 18.2 Å². The van der Waals surface area contributed by atoms with Gasteiger partial charge in [-0.25, -0.2) is 4.39 Å². The molecule has 2 aromatic rings. The molecule has 0 radical (unpaired) electrons. The average Bonchev–Trinajstić information content (AvgIpc) is 2.51. The summed E-state index contributed by atoms with van der Waals surface area (Å²) in [5, 5.41) is 8.45. The molecule has 1 aliphatic heterocycles. The third kappa shape index (κ3) is 3.33. The van der Waals surface area contributed by atoms with Crippen LogP contribution in [0.5, 0.6) is 0 Å². The van der Waals surface area contributed by atoms with Crippen LogP contribution in [0.2, 0.25) is 5.02 Å². The van der Waals surface area contributed by atoms with E-state index in [0.29, 0.717) is 13.1 Å². The van der Waals surface area contributed by atoms with E-state index in [1.807, 2.05) is 19.1 Å². The van der Waals surface area contributed by atoms with Gasteiger partial charge in [-0.1, -0.05) is 17.7 Å². The number of benzene rings is 1. The van der Waals surface area contributed by atoms with Crippen molar-refractivity contribution in [2.45, 2.75) is 19.4 Å². The molecular weight excluding hydrogens is 331 g/mol.